The summed E-state index contributed by atoms with van der Waals surface area (Å²) in [6.07, 6.45) is -5.41. The van der Waals surface area contributed by atoms with Crippen LogP contribution in [0.2, 0.25) is 0 Å². The van der Waals surface area contributed by atoms with E-state index in [2.05, 4.69) is 5.32 Å². The van der Waals surface area contributed by atoms with Crippen LogP contribution in [0.25, 0.3) is 0 Å². The van der Waals surface area contributed by atoms with Crippen molar-refractivity contribution in [2.24, 2.45) is 0 Å². The van der Waals surface area contributed by atoms with Crippen LogP contribution in [0.4, 0.5) is 31.1 Å². The highest BCUT2D eigenvalue weighted by Crippen LogP contribution is 2.39. The zero-order valence-electron chi connectivity index (χ0n) is 21.7. The molecule has 0 aliphatic heterocycles. The van der Waals surface area contributed by atoms with Gasteiger partial charge >= 0.3 is 18.4 Å². The SMILES string of the molecule is CCCC(CCC)Oc1cc2c(cc1C(Cc1cc(C(F)(F)F)cc(C(F)(F)F)c1)NC(=O)OC)CCC2. The minimum absolute atomic E-state index is 0.0935. The number of alkyl halides is 6. The first-order valence-corrected chi connectivity index (χ1v) is 12.8. The van der Waals surface area contributed by atoms with Gasteiger partial charge in [-0.15, -0.1) is 0 Å². The molecule has 1 atom stereocenters. The first kappa shape index (κ1) is 29.6. The van der Waals surface area contributed by atoms with E-state index in [1.807, 2.05) is 26.0 Å². The topological polar surface area (TPSA) is 47.6 Å². The maximum Gasteiger partial charge on any atom is 0.416 e. The Kier molecular flexibility index (Phi) is 9.59. The number of benzene rings is 2. The van der Waals surface area contributed by atoms with Crippen molar-refractivity contribution in [2.45, 2.75) is 89.7 Å². The summed E-state index contributed by atoms with van der Waals surface area (Å²) in [5.41, 5.74) is -0.429. The van der Waals surface area contributed by atoms with Crippen molar-refractivity contribution < 1.29 is 40.6 Å². The van der Waals surface area contributed by atoms with Gasteiger partial charge in [0.05, 0.1) is 30.4 Å². The van der Waals surface area contributed by atoms with E-state index in [1.54, 1.807) is 0 Å². The number of rotatable bonds is 10. The fourth-order valence-corrected chi connectivity index (χ4v) is 4.89. The fourth-order valence-electron chi connectivity index (χ4n) is 4.89. The molecule has 0 spiro atoms. The summed E-state index contributed by atoms with van der Waals surface area (Å²) in [5, 5.41) is 2.61. The Morgan fingerprint density at radius 3 is 1.95 bits per heavy atom. The van der Waals surface area contributed by atoms with E-state index >= 15 is 0 Å². The molecule has 1 aliphatic carbocycles. The molecular weight excluding hydrogens is 512 g/mol. The maximum absolute atomic E-state index is 13.5. The Morgan fingerprint density at radius 1 is 0.895 bits per heavy atom. The Morgan fingerprint density at radius 2 is 1.45 bits per heavy atom. The standard InChI is InChI=1S/C28H33F6NO3/c1-4-7-22(8-5-2)38-25-15-19-10-6-9-18(19)14-23(25)24(35-26(36)37-3)13-17-11-20(27(29,30)31)16-21(12-17)28(32,33)34/h11-12,14-16,22,24H,4-10,13H2,1-3H3,(H,35,36). The number of carbonyl (C=O) groups is 1. The van der Waals surface area contributed by atoms with Gasteiger partial charge in [0.15, 0.2) is 0 Å². The predicted molar refractivity (Wildman–Crippen MR) is 131 cm³/mol. The number of nitrogens with one attached hydrogen (secondary N) is 1. The molecule has 1 aliphatic rings. The molecule has 0 fully saturated rings. The largest absolute Gasteiger partial charge is 0.490 e. The number of hydrogen-bond donors (Lipinski definition) is 1. The summed E-state index contributed by atoms with van der Waals surface area (Å²) in [6.45, 7) is 4.06. The number of ether oxygens (including phenoxy) is 2. The normalized spacial score (nSPS) is 14.4. The van der Waals surface area contributed by atoms with Crippen molar-refractivity contribution in [1.29, 1.82) is 0 Å². The summed E-state index contributed by atoms with van der Waals surface area (Å²) in [5.74, 6) is 0.474. The summed E-state index contributed by atoms with van der Waals surface area (Å²) < 4.78 is 92.0. The van der Waals surface area contributed by atoms with Gasteiger partial charge in [-0.2, -0.15) is 26.3 Å². The quantitative estimate of drug-likeness (QED) is 0.306. The average molecular weight is 546 g/mol. The number of methoxy groups -OCH3 is 1. The van der Waals surface area contributed by atoms with Crippen molar-refractivity contribution >= 4 is 6.09 Å². The van der Waals surface area contributed by atoms with E-state index in [0.717, 1.165) is 63.2 Å². The maximum atomic E-state index is 13.5. The van der Waals surface area contributed by atoms with E-state index in [1.165, 1.54) is 0 Å². The first-order valence-electron chi connectivity index (χ1n) is 12.8. The van der Waals surface area contributed by atoms with E-state index in [9.17, 15) is 31.1 Å². The average Bonchev–Trinajstić information content (AvgIpc) is 3.29. The molecule has 210 valence electrons. The lowest BCUT2D eigenvalue weighted by Gasteiger charge is -2.26. The second kappa shape index (κ2) is 12.3. The van der Waals surface area contributed by atoms with Gasteiger partial charge in [0.1, 0.15) is 5.75 Å². The van der Waals surface area contributed by atoms with Crippen LogP contribution in [0.5, 0.6) is 5.75 Å². The van der Waals surface area contributed by atoms with Gasteiger partial charge in [0, 0.05) is 5.56 Å². The number of amides is 1. The molecule has 2 aromatic carbocycles. The molecular formula is C28H33F6NO3. The minimum atomic E-state index is -4.98. The van der Waals surface area contributed by atoms with E-state index in [-0.39, 0.29) is 24.2 Å². The number of halogens is 6. The number of aryl methyl sites for hydroxylation is 2. The van der Waals surface area contributed by atoms with Gasteiger partial charge in [0.2, 0.25) is 0 Å². The summed E-state index contributed by atoms with van der Waals surface area (Å²) in [7, 11) is 1.14. The van der Waals surface area contributed by atoms with Gasteiger partial charge in [-0.3, -0.25) is 0 Å². The third kappa shape index (κ3) is 7.57. The molecule has 0 heterocycles. The molecule has 10 heteroatoms. The second-order valence-corrected chi connectivity index (χ2v) is 9.64. The van der Waals surface area contributed by atoms with Gasteiger partial charge in [-0.05, 0) is 85.5 Å². The van der Waals surface area contributed by atoms with E-state index in [0.29, 0.717) is 23.4 Å². The van der Waals surface area contributed by atoms with Gasteiger partial charge in [-0.1, -0.05) is 26.7 Å². The summed E-state index contributed by atoms with van der Waals surface area (Å²) in [4.78, 5) is 12.3. The Labute approximate surface area is 218 Å². The highest BCUT2D eigenvalue weighted by molar-refractivity contribution is 5.68. The lowest BCUT2D eigenvalue weighted by atomic mass is 9.93. The van der Waals surface area contributed by atoms with Crippen LogP contribution in [0, 0.1) is 0 Å². The molecule has 1 amide bonds. The Hall–Kier alpha value is -2.91. The van der Waals surface area contributed by atoms with E-state index < -0.39 is 35.6 Å². The summed E-state index contributed by atoms with van der Waals surface area (Å²) >= 11 is 0. The molecule has 0 saturated heterocycles. The highest BCUT2D eigenvalue weighted by atomic mass is 19.4. The molecule has 2 aromatic rings. The number of hydrogen-bond acceptors (Lipinski definition) is 3. The zero-order valence-corrected chi connectivity index (χ0v) is 21.7. The lowest BCUT2D eigenvalue weighted by Crippen LogP contribution is -2.31. The molecule has 0 aromatic heterocycles. The van der Waals surface area contributed by atoms with E-state index in [4.69, 9.17) is 9.47 Å². The molecule has 1 N–H and O–H groups in total. The smallest absolute Gasteiger partial charge is 0.416 e. The molecule has 0 bridgehead atoms. The summed E-state index contributed by atoms with van der Waals surface area (Å²) in [6, 6.07) is 4.23. The van der Waals surface area contributed by atoms with Crippen molar-refractivity contribution in [3.63, 3.8) is 0 Å². The monoisotopic (exact) mass is 545 g/mol. The fraction of sp³-hybridized carbons (Fsp3) is 0.536. The van der Waals surface area contributed by atoms with Gasteiger partial charge in [0.25, 0.3) is 0 Å². The second-order valence-electron chi connectivity index (χ2n) is 9.64. The molecule has 0 radical (unpaired) electrons. The van der Waals surface area contributed by atoms with Crippen molar-refractivity contribution in [3.05, 3.63) is 63.7 Å². The lowest BCUT2D eigenvalue weighted by molar-refractivity contribution is -0.143. The molecule has 38 heavy (non-hydrogen) atoms. The Bertz CT molecular complexity index is 1070. The van der Waals surface area contributed by atoms with Crippen LogP contribution < -0.4 is 10.1 Å². The zero-order chi connectivity index (χ0) is 28.1. The molecule has 1 unspecified atom stereocenters. The third-order valence-electron chi connectivity index (χ3n) is 6.68. The van der Waals surface area contributed by atoms with Crippen LogP contribution >= 0.6 is 0 Å². The van der Waals surface area contributed by atoms with Crippen LogP contribution in [0.1, 0.15) is 85.4 Å². The molecule has 4 nitrogen and oxygen atoms in total. The van der Waals surface area contributed by atoms with Crippen LogP contribution in [0.15, 0.2) is 30.3 Å². The van der Waals surface area contributed by atoms with Crippen molar-refractivity contribution in [1.82, 2.24) is 5.32 Å². The minimum Gasteiger partial charge on any atom is -0.490 e. The molecule has 3 rings (SSSR count). The van der Waals surface area contributed by atoms with Crippen molar-refractivity contribution in [2.75, 3.05) is 7.11 Å². The third-order valence-corrected chi connectivity index (χ3v) is 6.68. The first-order chi connectivity index (χ1) is 17.8. The van der Waals surface area contributed by atoms with Gasteiger partial charge in [-0.25, -0.2) is 4.79 Å². The highest BCUT2D eigenvalue weighted by Gasteiger charge is 2.37. The van der Waals surface area contributed by atoms with Crippen LogP contribution in [0.3, 0.4) is 0 Å². The van der Waals surface area contributed by atoms with Crippen LogP contribution in [-0.4, -0.2) is 19.3 Å². The predicted octanol–water partition coefficient (Wildman–Crippen LogP) is 8.20. The number of alkyl carbamates (subject to hydrolysis) is 1. The number of fused-ring (bicyclic) bond motifs is 1. The van der Waals surface area contributed by atoms with Crippen molar-refractivity contribution in [3.8, 4) is 5.75 Å². The molecule has 0 saturated carbocycles. The van der Waals surface area contributed by atoms with Gasteiger partial charge < -0.3 is 14.8 Å². The number of carbonyl (C=O) groups excluding carboxylic acids is 1. The Balaban J connectivity index is 2.11. The van der Waals surface area contributed by atoms with Crippen LogP contribution in [-0.2, 0) is 36.4 Å².